The van der Waals surface area contributed by atoms with Crippen LogP contribution in [0.2, 0.25) is 0 Å². The Morgan fingerprint density at radius 1 is 1.27 bits per heavy atom. The highest BCUT2D eigenvalue weighted by Gasteiger charge is 2.17. The van der Waals surface area contributed by atoms with E-state index in [4.69, 9.17) is 4.74 Å². The summed E-state index contributed by atoms with van der Waals surface area (Å²) in [7, 11) is 1.69. The minimum Gasteiger partial charge on any atom is -0.497 e. The van der Waals surface area contributed by atoms with E-state index in [0.717, 1.165) is 5.75 Å². The lowest BCUT2D eigenvalue weighted by molar-refractivity contribution is 0.414. The van der Waals surface area contributed by atoms with E-state index in [1.54, 1.807) is 7.11 Å². The van der Waals surface area contributed by atoms with Crippen molar-refractivity contribution < 1.29 is 4.74 Å². The molecule has 0 radical (unpaired) electrons. The van der Waals surface area contributed by atoms with Crippen LogP contribution in [0.5, 0.6) is 5.75 Å². The zero-order valence-electron chi connectivity index (χ0n) is 10.3. The van der Waals surface area contributed by atoms with Gasteiger partial charge in [0.05, 0.1) is 7.11 Å². The minimum atomic E-state index is 0.110. The van der Waals surface area contributed by atoms with E-state index in [-0.39, 0.29) is 5.41 Å². The van der Waals surface area contributed by atoms with Crippen LogP contribution in [0.1, 0.15) is 31.9 Å². The van der Waals surface area contributed by atoms with Gasteiger partial charge in [0, 0.05) is 0 Å². The van der Waals surface area contributed by atoms with E-state index in [0.29, 0.717) is 0 Å². The molecule has 1 nitrogen and oxygen atoms in total. The van der Waals surface area contributed by atoms with Crippen LogP contribution < -0.4 is 4.74 Å². The molecule has 0 saturated carbocycles. The largest absolute Gasteiger partial charge is 0.497 e. The molecule has 0 saturated heterocycles. The Labute approximate surface area is 92.8 Å². The quantitative estimate of drug-likeness (QED) is 0.705. The monoisotopic (exact) mass is 204 g/mol. The van der Waals surface area contributed by atoms with Crippen molar-refractivity contribution in [3.05, 3.63) is 35.9 Å². The van der Waals surface area contributed by atoms with Crippen LogP contribution in [0.15, 0.2) is 24.8 Å². The third kappa shape index (κ3) is 2.62. The highest BCUT2D eigenvalue weighted by atomic mass is 16.5. The molecule has 1 heteroatoms. The number of aryl methyl sites for hydroxylation is 1. The molecule has 0 bridgehead atoms. The molecule has 1 rings (SSSR count). The minimum absolute atomic E-state index is 0.110. The lowest BCUT2D eigenvalue weighted by Gasteiger charge is -2.23. The van der Waals surface area contributed by atoms with Gasteiger partial charge in [-0.2, -0.15) is 0 Å². The number of hydrogen-bond acceptors (Lipinski definition) is 1. The second kappa shape index (κ2) is 4.09. The lowest BCUT2D eigenvalue weighted by atomic mass is 9.82. The van der Waals surface area contributed by atoms with Crippen LogP contribution in [-0.2, 0) is 0 Å². The van der Waals surface area contributed by atoms with Gasteiger partial charge in [0.25, 0.3) is 0 Å². The van der Waals surface area contributed by atoms with Crippen molar-refractivity contribution in [1.82, 2.24) is 0 Å². The molecular weight excluding hydrogens is 184 g/mol. The number of rotatable bonds is 2. The van der Waals surface area contributed by atoms with Crippen molar-refractivity contribution in [3.8, 4) is 5.75 Å². The van der Waals surface area contributed by atoms with Crippen LogP contribution in [-0.4, -0.2) is 7.11 Å². The summed E-state index contributed by atoms with van der Waals surface area (Å²) in [6.45, 7) is 12.8. The van der Waals surface area contributed by atoms with Gasteiger partial charge < -0.3 is 4.74 Å². The predicted octanol–water partition coefficient (Wildman–Crippen LogP) is 4.06. The van der Waals surface area contributed by atoms with E-state index >= 15 is 0 Å². The maximum Gasteiger partial charge on any atom is 0.119 e. The zero-order valence-corrected chi connectivity index (χ0v) is 10.3. The summed E-state index contributed by atoms with van der Waals surface area (Å²) in [6, 6.07) is 6.12. The fourth-order valence-corrected chi connectivity index (χ4v) is 1.51. The van der Waals surface area contributed by atoms with Crippen molar-refractivity contribution >= 4 is 5.57 Å². The molecule has 0 fully saturated rings. The van der Waals surface area contributed by atoms with Gasteiger partial charge in [-0.3, -0.25) is 0 Å². The Hall–Kier alpha value is -1.24. The van der Waals surface area contributed by atoms with Crippen molar-refractivity contribution in [1.29, 1.82) is 0 Å². The van der Waals surface area contributed by atoms with Crippen LogP contribution >= 0.6 is 0 Å². The first-order valence-corrected chi connectivity index (χ1v) is 5.20. The molecule has 82 valence electrons. The van der Waals surface area contributed by atoms with Crippen molar-refractivity contribution in [2.75, 3.05) is 7.11 Å². The van der Waals surface area contributed by atoms with Gasteiger partial charge in [0.1, 0.15) is 5.75 Å². The summed E-state index contributed by atoms with van der Waals surface area (Å²) in [4.78, 5) is 0. The first-order chi connectivity index (χ1) is 6.86. The molecule has 0 N–H and O–H groups in total. The molecule has 0 aliphatic rings. The predicted molar refractivity (Wildman–Crippen MR) is 66.2 cm³/mol. The van der Waals surface area contributed by atoms with Gasteiger partial charge in [-0.25, -0.2) is 0 Å². The van der Waals surface area contributed by atoms with Crippen LogP contribution in [0.4, 0.5) is 0 Å². The highest BCUT2D eigenvalue weighted by Crippen LogP contribution is 2.34. The maximum atomic E-state index is 5.19. The second-order valence-corrected chi connectivity index (χ2v) is 4.91. The number of ether oxygens (including phenoxy) is 1. The van der Waals surface area contributed by atoms with E-state index in [1.807, 2.05) is 12.1 Å². The Bertz CT molecular complexity index is 369. The van der Waals surface area contributed by atoms with E-state index in [1.165, 1.54) is 16.7 Å². The molecule has 0 heterocycles. The average molecular weight is 204 g/mol. The molecule has 1 aromatic rings. The molecule has 1 aromatic carbocycles. The van der Waals surface area contributed by atoms with Crippen molar-refractivity contribution in [3.63, 3.8) is 0 Å². The van der Waals surface area contributed by atoms with Crippen LogP contribution in [0.25, 0.3) is 5.57 Å². The van der Waals surface area contributed by atoms with Gasteiger partial charge in [0.15, 0.2) is 0 Å². The topological polar surface area (TPSA) is 9.23 Å². The van der Waals surface area contributed by atoms with Crippen LogP contribution in [0.3, 0.4) is 0 Å². The third-order valence-electron chi connectivity index (χ3n) is 2.66. The van der Waals surface area contributed by atoms with E-state index in [9.17, 15) is 0 Å². The average Bonchev–Trinajstić information content (AvgIpc) is 2.15. The number of methoxy groups -OCH3 is 1. The molecule has 0 amide bonds. The first kappa shape index (κ1) is 11.8. The van der Waals surface area contributed by atoms with Crippen LogP contribution in [0, 0.1) is 12.3 Å². The highest BCUT2D eigenvalue weighted by molar-refractivity contribution is 5.70. The van der Waals surface area contributed by atoms with E-state index in [2.05, 4.69) is 40.3 Å². The molecule has 0 aromatic heterocycles. The summed E-state index contributed by atoms with van der Waals surface area (Å²) in [5, 5.41) is 0. The summed E-state index contributed by atoms with van der Waals surface area (Å²) in [5.41, 5.74) is 3.72. The molecular formula is C14H20O. The number of allylic oxidation sites excluding steroid dienone is 1. The Balaban J connectivity index is 3.12. The SMILES string of the molecule is C=C(c1ccc(OC)cc1C)C(C)(C)C. The standard InChI is InChI=1S/C14H20O/c1-10-9-12(15-6)7-8-13(10)11(2)14(3,4)5/h7-9H,2H2,1,3-6H3. The first-order valence-electron chi connectivity index (χ1n) is 5.20. The second-order valence-electron chi connectivity index (χ2n) is 4.91. The summed E-state index contributed by atoms with van der Waals surface area (Å²) in [5.74, 6) is 0.901. The Morgan fingerprint density at radius 3 is 2.27 bits per heavy atom. The summed E-state index contributed by atoms with van der Waals surface area (Å²) < 4.78 is 5.19. The number of hydrogen-bond donors (Lipinski definition) is 0. The van der Waals surface area contributed by atoms with Crippen molar-refractivity contribution in [2.24, 2.45) is 5.41 Å². The molecule has 0 spiro atoms. The third-order valence-corrected chi connectivity index (χ3v) is 2.66. The van der Waals surface area contributed by atoms with Gasteiger partial charge in [0.2, 0.25) is 0 Å². The Morgan fingerprint density at radius 2 is 1.87 bits per heavy atom. The summed E-state index contributed by atoms with van der Waals surface area (Å²) in [6.07, 6.45) is 0. The maximum absolute atomic E-state index is 5.19. The smallest absolute Gasteiger partial charge is 0.119 e. The van der Waals surface area contributed by atoms with Gasteiger partial charge in [-0.05, 0) is 41.2 Å². The summed E-state index contributed by atoms with van der Waals surface area (Å²) >= 11 is 0. The molecule has 0 aliphatic heterocycles. The fraction of sp³-hybridized carbons (Fsp3) is 0.429. The number of benzene rings is 1. The lowest BCUT2D eigenvalue weighted by Crippen LogP contribution is -2.08. The fourth-order valence-electron chi connectivity index (χ4n) is 1.51. The van der Waals surface area contributed by atoms with Crippen molar-refractivity contribution in [2.45, 2.75) is 27.7 Å². The van der Waals surface area contributed by atoms with Gasteiger partial charge in [-0.15, -0.1) is 0 Å². The molecule has 15 heavy (non-hydrogen) atoms. The Kier molecular flexibility index (Phi) is 3.23. The molecule has 0 aliphatic carbocycles. The molecule has 0 atom stereocenters. The van der Waals surface area contributed by atoms with E-state index < -0.39 is 0 Å². The van der Waals surface area contributed by atoms with Gasteiger partial charge in [-0.1, -0.05) is 33.4 Å². The zero-order chi connectivity index (χ0) is 11.6. The van der Waals surface area contributed by atoms with Gasteiger partial charge >= 0.3 is 0 Å². The molecule has 0 unspecified atom stereocenters. The normalized spacial score (nSPS) is 11.3.